The van der Waals surface area contributed by atoms with Gasteiger partial charge in [0.05, 0.1) is 20.8 Å². The van der Waals surface area contributed by atoms with E-state index >= 15 is 0 Å². The molecular formula is C35H38N2O9. The molecule has 0 saturated carbocycles. The Kier molecular flexibility index (Phi) is 9.67. The summed E-state index contributed by atoms with van der Waals surface area (Å²) in [6.45, 7) is 0.446. The van der Waals surface area contributed by atoms with Crippen molar-refractivity contribution in [3.8, 4) is 11.5 Å². The summed E-state index contributed by atoms with van der Waals surface area (Å²) in [5.41, 5.74) is 0.0926. The molecule has 4 aromatic rings. The molecular weight excluding hydrogens is 592 g/mol. The molecule has 242 valence electrons. The lowest BCUT2D eigenvalue weighted by Gasteiger charge is -2.37. The Morgan fingerprint density at radius 1 is 0.870 bits per heavy atom. The van der Waals surface area contributed by atoms with Gasteiger partial charge in [0, 0.05) is 18.9 Å². The number of H-pyrrole nitrogens is 1. The van der Waals surface area contributed by atoms with Gasteiger partial charge in [-0.1, -0.05) is 54.6 Å². The van der Waals surface area contributed by atoms with E-state index in [-0.39, 0.29) is 6.61 Å². The molecule has 0 aliphatic carbocycles. The highest BCUT2D eigenvalue weighted by molar-refractivity contribution is 5.49. The van der Waals surface area contributed by atoms with Crippen LogP contribution in [0.25, 0.3) is 0 Å². The van der Waals surface area contributed by atoms with Crippen molar-refractivity contribution < 1.29 is 33.5 Å². The molecule has 2 aliphatic rings. The Bertz CT molecular complexity index is 1630. The van der Waals surface area contributed by atoms with E-state index in [2.05, 4.69) is 4.98 Å². The van der Waals surface area contributed by atoms with Crippen LogP contribution in [0.5, 0.6) is 11.5 Å². The molecule has 11 heteroatoms. The average Bonchev–Trinajstić information content (AvgIpc) is 3.40. The molecule has 46 heavy (non-hydrogen) atoms. The maximum Gasteiger partial charge on any atom is 0.330 e. The second-order valence-electron chi connectivity index (χ2n) is 11.3. The predicted octanol–water partition coefficient (Wildman–Crippen LogP) is 3.73. The molecule has 0 unspecified atom stereocenters. The number of rotatable bonds is 11. The van der Waals surface area contributed by atoms with Crippen molar-refractivity contribution in [2.24, 2.45) is 0 Å². The second kappa shape index (κ2) is 14.0. The summed E-state index contributed by atoms with van der Waals surface area (Å²) < 4.78 is 37.5. The van der Waals surface area contributed by atoms with E-state index < -0.39 is 47.7 Å². The van der Waals surface area contributed by atoms with Crippen molar-refractivity contribution in [3.63, 3.8) is 0 Å². The van der Waals surface area contributed by atoms with Crippen LogP contribution in [0.2, 0.25) is 0 Å². The summed E-state index contributed by atoms with van der Waals surface area (Å²) in [6.07, 6.45) is -0.910. The fourth-order valence-electron chi connectivity index (χ4n) is 6.13. The van der Waals surface area contributed by atoms with E-state index in [1.54, 1.807) is 14.2 Å². The summed E-state index contributed by atoms with van der Waals surface area (Å²) in [6, 6.07) is 26.2. The molecule has 0 bridgehead atoms. The van der Waals surface area contributed by atoms with E-state index in [0.717, 1.165) is 29.5 Å². The second-order valence-corrected chi connectivity index (χ2v) is 11.3. The molecule has 3 heterocycles. The van der Waals surface area contributed by atoms with Crippen LogP contribution in [0.1, 0.15) is 42.2 Å². The molecule has 0 spiro atoms. The van der Waals surface area contributed by atoms with Gasteiger partial charge in [0.2, 0.25) is 0 Å². The lowest BCUT2D eigenvalue weighted by molar-refractivity contribution is -0.215. The van der Waals surface area contributed by atoms with Gasteiger partial charge in [-0.3, -0.25) is 14.3 Å². The van der Waals surface area contributed by atoms with Crippen LogP contribution in [-0.2, 0) is 24.5 Å². The largest absolute Gasteiger partial charge is 0.497 e. The summed E-state index contributed by atoms with van der Waals surface area (Å²) in [4.78, 5) is 27.0. The maximum atomic E-state index is 12.9. The van der Waals surface area contributed by atoms with E-state index in [1.165, 1.54) is 16.8 Å². The van der Waals surface area contributed by atoms with Gasteiger partial charge in [0.1, 0.15) is 35.4 Å². The molecule has 2 aliphatic heterocycles. The monoisotopic (exact) mass is 630 g/mol. The van der Waals surface area contributed by atoms with Crippen molar-refractivity contribution in [1.29, 1.82) is 0 Å². The fraction of sp³-hybridized carbons (Fsp3) is 0.371. The standard InChI is InChI=1S/C35H38N2O9/c1-41-26-15-11-24(12-16-26)35(23-8-4-3-5-9-23,25-13-17-27(42-2)18-14-25)44-22-28-31(39)32(46-30-10-6-7-21-43-30)33(45-28)37-20-19-29(38)36-34(37)40/h3-5,8-9,11-20,28,30-33,39H,6-7,10,21-22H2,1-2H3,(H,36,38,40)/t28-,30-,31-,32+,33-/m1/s1. The molecule has 11 nitrogen and oxygen atoms in total. The highest BCUT2D eigenvalue weighted by Gasteiger charge is 2.49. The third kappa shape index (κ3) is 6.37. The number of methoxy groups -OCH3 is 2. The first-order chi connectivity index (χ1) is 22.4. The van der Waals surface area contributed by atoms with Gasteiger partial charge in [-0.2, -0.15) is 0 Å². The van der Waals surface area contributed by atoms with Crippen LogP contribution >= 0.6 is 0 Å². The van der Waals surface area contributed by atoms with Crippen molar-refractivity contribution >= 4 is 0 Å². The number of aromatic amines is 1. The van der Waals surface area contributed by atoms with E-state index in [9.17, 15) is 14.7 Å². The number of nitrogens with zero attached hydrogens (tertiary/aromatic N) is 1. The van der Waals surface area contributed by atoms with Gasteiger partial charge in [-0.15, -0.1) is 0 Å². The number of hydrogen-bond acceptors (Lipinski definition) is 9. The van der Waals surface area contributed by atoms with Crippen LogP contribution < -0.4 is 20.7 Å². The Morgan fingerprint density at radius 2 is 1.50 bits per heavy atom. The first-order valence-electron chi connectivity index (χ1n) is 15.3. The quantitative estimate of drug-likeness (QED) is 0.238. The normalized spacial score (nSPS) is 23.2. The lowest BCUT2D eigenvalue weighted by atomic mass is 9.80. The molecule has 3 aromatic carbocycles. The number of aliphatic hydroxyl groups excluding tert-OH is 1. The lowest BCUT2D eigenvalue weighted by Crippen LogP contribution is -2.43. The Hall–Kier alpha value is -4.26. The van der Waals surface area contributed by atoms with E-state index in [4.69, 9.17) is 28.4 Å². The van der Waals surface area contributed by atoms with Gasteiger partial charge in [-0.05, 0) is 60.2 Å². The van der Waals surface area contributed by atoms with Gasteiger partial charge in [-0.25, -0.2) is 4.79 Å². The minimum absolute atomic E-state index is 0.0892. The SMILES string of the molecule is COc1ccc(C(OC[C@H]2O[C@@H](n3ccc(=O)[nH]c3=O)[C@@H](O[C@@H]3CCCCO3)[C@@H]2O)(c2ccccc2)c2ccc(OC)cc2)cc1. The number of aromatic nitrogens is 2. The van der Waals surface area contributed by atoms with Crippen LogP contribution in [0.15, 0.2) is 101 Å². The number of aliphatic hydroxyl groups is 1. The van der Waals surface area contributed by atoms with Crippen LogP contribution in [0.4, 0.5) is 0 Å². The van der Waals surface area contributed by atoms with Crippen LogP contribution in [-0.4, -0.2) is 66.7 Å². The Balaban J connectivity index is 1.39. The number of nitrogens with one attached hydrogen (secondary N) is 1. The molecule has 1 aromatic heterocycles. The zero-order valence-electron chi connectivity index (χ0n) is 25.7. The van der Waals surface area contributed by atoms with Crippen molar-refractivity contribution in [2.75, 3.05) is 27.4 Å². The van der Waals surface area contributed by atoms with Gasteiger partial charge in [0.15, 0.2) is 12.5 Å². The third-order valence-electron chi connectivity index (χ3n) is 8.52. The van der Waals surface area contributed by atoms with E-state index in [0.29, 0.717) is 24.5 Å². The van der Waals surface area contributed by atoms with Crippen molar-refractivity contribution in [3.05, 3.63) is 129 Å². The summed E-state index contributed by atoms with van der Waals surface area (Å²) >= 11 is 0. The third-order valence-corrected chi connectivity index (χ3v) is 8.52. The topological polar surface area (TPSA) is 130 Å². The van der Waals surface area contributed by atoms with Crippen LogP contribution in [0.3, 0.4) is 0 Å². The molecule has 5 atom stereocenters. The molecule has 2 saturated heterocycles. The fourth-order valence-corrected chi connectivity index (χ4v) is 6.13. The minimum Gasteiger partial charge on any atom is -0.497 e. The van der Waals surface area contributed by atoms with Gasteiger partial charge >= 0.3 is 5.69 Å². The van der Waals surface area contributed by atoms with Gasteiger partial charge in [0.25, 0.3) is 5.56 Å². The highest BCUT2D eigenvalue weighted by Crippen LogP contribution is 2.43. The summed E-state index contributed by atoms with van der Waals surface area (Å²) in [5.74, 6) is 1.38. The molecule has 0 amide bonds. The zero-order chi connectivity index (χ0) is 32.1. The first kappa shape index (κ1) is 31.7. The molecule has 6 rings (SSSR count). The summed E-state index contributed by atoms with van der Waals surface area (Å²) in [7, 11) is 3.22. The van der Waals surface area contributed by atoms with Crippen molar-refractivity contribution in [2.45, 2.75) is 55.7 Å². The molecule has 2 fully saturated rings. The number of hydrogen-bond donors (Lipinski definition) is 2. The number of benzene rings is 3. The van der Waals surface area contributed by atoms with Gasteiger partial charge < -0.3 is 33.5 Å². The smallest absolute Gasteiger partial charge is 0.330 e. The maximum absolute atomic E-state index is 12.9. The predicted molar refractivity (Wildman–Crippen MR) is 168 cm³/mol. The Morgan fingerprint density at radius 3 is 2.07 bits per heavy atom. The Labute approximate surface area is 266 Å². The number of ether oxygens (including phenoxy) is 6. The molecule has 2 N–H and O–H groups in total. The van der Waals surface area contributed by atoms with Crippen molar-refractivity contribution in [1.82, 2.24) is 9.55 Å². The zero-order valence-corrected chi connectivity index (χ0v) is 25.7. The molecule has 0 radical (unpaired) electrons. The summed E-state index contributed by atoms with van der Waals surface area (Å²) in [5, 5.41) is 11.7. The first-order valence-corrected chi connectivity index (χ1v) is 15.3. The highest BCUT2D eigenvalue weighted by atomic mass is 16.7. The van der Waals surface area contributed by atoms with E-state index in [1.807, 2.05) is 78.9 Å². The minimum atomic E-state index is -1.20. The van der Waals surface area contributed by atoms with Crippen LogP contribution in [0, 0.1) is 0 Å². The average molecular weight is 631 g/mol.